The van der Waals surface area contributed by atoms with E-state index in [2.05, 4.69) is 20.1 Å². The minimum atomic E-state index is -0.588. The Morgan fingerprint density at radius 2 is 2.04 bits per heavy atom. The zero-order chi connectivity index (χ0) is 16.7. The maximum atomic E-state index is 12.6. The summed E-state index contributed by atoms with van der Waals surface area (Å²) in [5.41, 5.74) is 2.25. The molecule has 0 amide bonds. The number of hydrogen-bond acceptors (Lipinski definition) is 4. The van der Waals surface area contributed by atoms with E-state index in [0.717, 1.165) is 21.1 Å². The number of pyridine rings is 1. The molecule has 24 heavy (non-hydrogen) atoms. The molecule has 7 heteroatoms. The molecule has 0 unspecified atom stereocenters. The van der Waals surface area contributed by atoms with Crippen molar-refractivity contribution in [2.75, 3.05) is 0 Å². The van der Waals surface area contributed by atoms with E-state index >= 15 is 0 Å². The SMILES string of the molecule is Cc1ccc2[nH]c3c(=O)n(/N=C/c4cccnc4)c(=O)[nH]c3c2c1. The predicted octanol–water partition coefficient (Wildman–Crippen LogP) is 1.76. The fraction of sp³-hybridized carbons (Fsp3) is 0.0588. The third kappa shape index (κ3) is 2.23. The summed E-state index contributed by atoms with van der Waals surface area (Å²) < 4.78 is 0.803. The molecule has 0 radical (unpaired) electrons. The van der Waals surface area contributed by atoms with E-state index < -0.39 is 11.2 Å². The number of H-pyrrole nitrogens is 2. The monoisotopic (exact) mass is 319 g/mol. The summed E-state index contributed by atoms with van der Waals surface area (Å²) in [6.45, 7) is 1.95. The second-order valence-corrected chi connectivity index (χ2v) is 5.50. The van der Waals surface area contributed by atoms with Crippen LogP contribution in [0.25, 0.3) is 21.9 Å². The second kappa shape index (κ2) is 5.31. The molecule has 4 rings (SSSR count). The topological polar surface area (TPSA) is 95.9 Å². The largest absolute Gasteiger partial charge is 0.350 e. The van der Waals surface area contributed by atoms with Crippen molar-refractivity contribution in [1.29, 1.82) is 0 Å². The molecule has 0 aliphatic rings. The lowest BCUT2D eigenvalue weighted by atomic mass is 10.2. The van der Waals surface area contributed by atoms with Crippen LogP contribution in [0, 0.1) is 6.92 Å². The van der Waals surface area contributed by atoms with Crippen LogP contribution in [0.15, 0.2) is 57.4 Å². The number of fused-ring (bicyclic) bond motifs is 3. The second-order valence-electron chi connectivity index (χ2n) is 5.50. The summed E-state index contributed by atoms with van der Waals surface area (Å²) in [6.07, 6.45) is 4.64. The van der Waals surface area contributed by atoms with Crippen molar-refractivity contribution in [1.82, 2.24) is 19.6 Å². The van der Waals surface area contributed by atoms with E-state index in [9.17, 15) is 9.59 Å². The van der Waals surface area contributed by atoms with Gasteiger partial charge in [0, 0.05) is 28.9 Å². The van der Waals surface area contributed by atoms with Gasteiger partial charge in [-0.15, -0.1) is 4.68 Å². The van der Waals surface area contributed by atoms with Crippen LogP contribution in [0.2, 0.25) is 0 Å². The van der Waals surface area contributed by atoms with Gasteiger partial charge in [0.25, 0.3) is 0 Å². The first-order valence-corrected chi connectivity index (χ1v) is 7.35. The lowest BCUT2D eigenvalue weighted by molar-refractivity contribution is 0.770. The van der Waals surface area contributed by atoms with Gasteiger partial charge in [-0.05, 0) is 25.1 Å². The molecular weight excluding hydrogens is 306 g/mol. The third-order valence-corrected chi connectivity index (χ3v) is 3.79. The molecule has 0 spiro atoms. The van der Waals surface area contributed by atoms with E-state index in [1.807, 2.05) is 25.1 Å². The lowest BCUT2D eigenvalue weighted by Gasteiger charge is -1.98. The summed E-state index contributed by atoms with van der Waals surface area (Å²) in [4.78, 5) is 34.6. The molecule has 0 aliphatic heterocycles. The highest BCUT2D eigenvalue weighted by Gasteiger charge is 2.12. The number of nitrogens with zero attached hydrogens (tertiary/aromatic N) is 3. The van der Waals surface area contributed by atoms with Crippen LogP contribution >= 0.6 is 0 Å². The molecule has 2 N–H and O–H groups in total. The maximum Gasteiger partial charge on any atom is 0.350 e. The Balaban J connectivity index is 1.95. The van der Waals surface area contributed by atoms with E-state index in [-0.39, 0.29) is 0 Å². The van der Waals surface area contributed by atoms with E-state index in [0.29, 0.717) is 16.6 Å². The molecule has 118 valence electrons. The fourth-order valence-corrected chi connectivity index (χ4v) is 2.64. The smallest absolute Gasteiger partial charge is 0.349 e. The minimum Gasteiger partial charge on any atom is -0.349 e. The van der Waals surface area contributed by atoms with Crippen molar-refractivity contribution in [2.45, 2.75) is 6.92 Å². The van der Waals surface area contributed by atoms with Crippen LogP contribution < -0.4 is 11.2 Å². The van der Waals surface area contributed by atoms with Crippen LogP contribution in [-0.4, -0.2) is 25.8 Å². The number of rotatable bonds is 2. The molecule has 4 aromatic rings. The van der Waals surface area contributed by atoms with Crippen LogP contribution in [0.3, 0.4) is 0 Å². The Morgan fingerprint density at radius 1 is 1.17 bits per heavy atom. The summed E-state index contributed by atoms with van der Waals surface area (Å²) >= 11 is 0. The minimum absolute atomic E-state index is 0.318. The average Bonchev–Trinajstić information content (AvgIpc) is 2.94. The summed E-state index contributed by atoms with van der Waals surface area (Å²) in [6, 6.07) is 9.27. The van der Waals surface area contributed by atoms with Gasteiger partial charge in [0.1, 0.15) is 5.52 Å². The highest BCUT2D eigenvalue weighted by molar-refractivity contribution is 6.04. The molecular formula is C17H13N5O2. The highest BCUT2D eigenvalue weighted by Crippen LogP contribution is 2.21. The number of nitrogens with one attached hydrogen (secondary N) is 2. The van der Waals surface area contributed by atoms with Crippen molar-refractivity contribution < 1.29 is 0 Å². The Kier molecular flexibility index (Phi) is 3.13. The normalized spacial score (nSPS) is 11.7. The molecule has 0 fully saturated rings. The number of aromatic nitrogens is 4. The zero-order valence-corrected chi connectivity index (χ0v) is 12.8. The van der Waals surface area contributed by atoms with E-state index in [4.69, 9.17) is 0 Å². The lowest BCUT2D eigenvalue weighted by Crippen LogP contribution is -2.32. The molecule has 1 aromatic carbocycles. The van der Waals surface area contributed by atoms with E-state index in [1.54, 1.807) is 24.5 Å². The molecule has 3 aromatic heterocycles. The van der Waals surface area contributed by atoms with Crippen molar-refractivity contribution in [3.63, 3.8) is 0 Å². The molecule has 0 saturated heterocycles. The van der Waals surface area contributed by atoms with Crippen LogP contribution in [0.1, 0.15) is 11.1 Å². The van der Waals surface area contributed by atoms with Gasteiger partial charge in [0.05, 0.1) is 11.7 Å². The average molecular weight is 319 g/mol. The van der Waals surface area contributed by atoms with E-state index in [1.165, 1.54) is 6.21 Å². The van der Waals surface area contributed by atoms with Crippen LogP contribution in [-0.2, 0) is 0 Å². The Hall–Kier alpha value is -3.48. The first-order valence-electron chi connectivity index (χ1n) is 7.35. The number of benzene rings is 1. The first-order chi connectivity index (χ1) is 11.6. The Labute approximate surface area is 135 Å². The number of aryl methyl sites for hydroxylation is 1. The van der Waals surface area contributed by atoms with Gasteiger partial charge in [-0.2, -0.15) is 5.10 Å². The highest BCUT2D eigenvalue weighted by atomic mass is 16.2. The Morgan fingerprint density at radius 3 is 2.83 bits per heavy atom. The van der Waals surface area contributed by atoms with Gasteiger partial charge in [-0.1, -0.05) is 17.7 Å². The molecule has 0 aliphatic carbocycles. The summed E-state index contributed by atoms with van der Waals surface area (Å²) in [5, 5.41) is 4.80. The van der Waals surface area contributed by atoms with Gasteiger partial charge < -0.3 is 9.97 Å². The molecule has 0 bridgehead atoms. The van der Waals surface area contributed by atoms with Crippen molar-refractivity contribution in [3.05, 3.63) is 74.7 Å². The molecule has 0 atom stereocenters. The van der Waals surface area contributed by atoms with Crippen LogP contribution in [0.4, 0.5) is 0 Å². The predicted molar refractivity (Wildman–Crippen MR) is 92.7 cm³/mol. The molecule has 7 nitrogen and oxygen atoms in total. The maximum absolute atomic E-state index is 12.6. The molecule has 3 heterocycles. The fourth-order valence-electron chi connectivity index (χ4n) is 2.64. The van der Waals surface area contributed by atoms with Crippen molar-refractivity contribution >= 4 is 28.2 Å². The van der Waals surface area contributed by atoms with Gasteiger partial charge in [0.2, 0.25) is 0 Å². The molecule has 0 saturated carbocycles. The zero-order valence-electron chi connectivity index (χ0n) is 12.8. The summed E-state index contributed by atoms with van der Waals surface area (Å²) in [5.74, 6) is 0. The number of aromatic amines is 2. The van der Waals surface area contributed by atoms with Gasteiger partial charge in [-0.3, -0.25) is 9.78 Å². The third-order valence-electron chi connectivity index (χ3n) is 3.79. The standard InChI is InChI=1S/C17H13N5O2/c1-10-4-5-13-12(7-10)14-15(20-13)16(23)22(17(24)21-14)19-9-11-3-2-6-18-8-11/h2-9,20H,1H3,(H,21,24)/b19-9+. The quantitative estimate of drug-likeness (QED) is 0.551. The Bertz CT molecular complexity index is 1200. The van der Waals surface area contributed by atoms with Crippen LogP contribution in [0.5, 0.6) is 0 Å². The summed E-state index contributed by atoms with van der Waals surface area (Å²) in [7, 11) is 0. The van der Waals surface area contributed by atoms with Crippen molar-refractivity contribution in [2.24, 2.45) is 5.10 Å². The first kappa shape index (κ1) is 14.1. The van der Waals surface area contributed by atoms with Gasteiger partial charge in [0.15, 0.2) is 0 Å². The number of hydrogen-bond donors (Lipinski definition) is 2. The van der Waals surface area contributed by atoms with Gasteiger partial charge in [-0.25, -0.2) is 4.79 Å². The van der Waals surface area contributed by atoms with Crippen molar-refractivity contribution in [3.8, 4) is 0 Å². The van der Waals surface area contributed by atoms with Gasteiger partial charge >= 0.3 is 11.2 Å².